The van der Waals surface area contributed by atoms with Gasteiger partial charge in [-0.05, 0) is 78.4 Å². The second-order valence-corrected chi connectivity index (χ2v) is 9.40. The number of aliphatic imine (C=N–C) groups is 1. The molecule has 0 saturated carbocycles. The van der Waals surface area contributed by atoms with E-state index in [1.807, 2.05) is 72.9 Å². The number of halogens is 1. The Balaban J connectivity index is 1.68. The molecule has 1 heterocycles. The molecule has 0 aromatic heterocycles. The standard InChI is InChI=1S/C28H21ClN2O2S/c29-20-9-11-21(12-10-20)30-17-24-27(18-5-13-22(32)14-6-18)31-25-3-1-2-4-26(25)34-28(24)19-7-15-23(33)16-8-19/h1-17,28,30,32-33H/b24-17+. The van der Waals surface area contributed by atoms with Crippen molar-refractivity contribution in [2.24, 2.45) is 4.99 Å². The summed E-state index contributed by atoms with van der Waals surface area (Å²) in [5.41, 5.74) is 5.48. The van der Waals surface area contributed by atoms with Crippen LogP contribution in [0.25, 0.3) is 0 Å². The van der Waals surface area contributed by atoms with E-state index in [0.717, 1.165) is 38.7 Å². The molecule has 1 unspecified atom stereocenters. The molecule has 0 radical (unpaired) electrons. The van der Waals surface area contributed by atoms with Crippen LogP contribution in [0.5, 0.6) is 11.5 Å². The number of phenolic OH excluding ortho intramolecular Hbond substituents is 2. The molecule has 4 aromatic rings. The van der Waals surface area contributed by atoms with Gasteiger partial charge in [0.25, 0.3) is 0 Å². The number of hydrogen-bond donors (Lipinski definition) is 3. The SMILES string of the molecule is Oc1ccc(C2=Nc3ccccc3SC(c3ccc(O)cc3)/C2=C/Nc2ccc(Cl)cc2)cc1. The lowest BCUT2D eigenvalue weighted by Crippen LogP contribution is -2.12. The molecule has 0 fully saturated rings. The van der Waals surface area contributed by atoms with Gasteiger partial charge < -0.3 is 15.5 Å². The number of nitrogens with one attached hydrogen (secondary N) is 1. The average Bonchev–Trinajstić information content (AvgIpc) is 3.02. The van der Waals surface area contributed by atoms with E-state index in [2.05, 4.69) is 11.4 Å². The first-order valence-electron chi connectivity index (χ1n) is 10.7. The number of rotatable bonds is 4. The zero-order valence-corrected chi connectivity index (χ0v) is 19.6. The Bertz CT molecular complexity index is 1370. The van der Waals surface area contributed by atoms with E-state index in [0.29, 0.717) is 5.02 Å². The van der Waals surface area contributed by atoms with Crippen molar-refractivity contribution >= 4 is 40.4 Å². The molecule has 0 bridgehead atoms. The lowest BCUT2D eigenvalue weighted by atomic mass is 9.95. The summed E-state index contributed by atoms with van der Waals surface area (Å²) in [4.78, 5) is 6.14. The van der Waals surface area contributed by atoms with E-state index in [-0.39, 0.29) is 16.7 Å². The Morgan fingerprint density at radius 2 is 1.44 bits per heavy atom. The summed E-state index contributed by atoms with van der Waals surface area (Å²) in [5, 5.41) is 23.7. The molecular weight excluding hydrogens is 464 g/mol. The topological polar surface area (TPSA) is 64.9 Å². The monoisotopic (exact) mass is 484 g/mol. The van der Waals surface area contributed by atoms with Crippen molar-refractivity contribution in [1.82, 2.24) is 0 Å². The van der Waals surface area contributed by atoms with Crippen LogP contribution in [0.4, 0.5) is 11.4 Å². The third-order valence-electron chi connectivity index (χ3n) is 5.47. The fourth-order valence-electron chi connectivity index (χ4n) is 3.75. The van der Waals surface area contributed by atoms with Crippen molar-refractivity contribution < 1.29 is 10.2 Å². The summed E-state index contributed by atoms with van der Waals surface area (Å²) in [6, 6.07) is 29.9. The molecule has 0 amide bonds. The van der Waals surface area contributed by atoms with E-state index in [1.54, 1.807) is 36.0 Å². The molecule has 5 rings (SSSR count). The number of fused-ring (bicyclic) bond motifs is 1. The van der Waals surface area contributed by atoms with Gasteiger partial charge in [-0.3, -0.25) is 0 Å². The summed E-state index contributed by atoms with van der Waals surface area (Å²) in [7, 11) is 0. The highest BCUT2D eigenvalue weighted by atomic mass is 35.5. The van der Waals surface area contributed by atoms with Gasteiger partial charge in [0.05, 0.1) is 16.6 Å². The van der Waals surface area contributed by atoms with Crippen molar-refractivity contribution in [1.29, 1.82) is 0 Å². The van der Waals surface area contributed by atoms with Crippen molar-refractivity contribution in [2.45, 2.75) is 10.1 Å². The van der Waals surface area contributed by atoms with E-state index >= 15 is 0 Å². The molecule has 34 heavy (non-hydrogen) atoms. The summed E-state index contributed by atoms with van der Waals surface area (Å²) < 4.78 is 0. The number of nitrogens with zero attached hydrogens (tertiary/aromatic N) is 1. The predicted octanol–water partition coefficient (Wildman–Crippen LogP) is 7.72. The lowest BCUT2D eigenvalue weighted by Gasteiger charge is -2.21. The van der Waals surface area contributed by atoms with Gasteiger partial charge in [-0.25, -0.2) is 4.99 Å². The summed E-state index contributed by atoms with van der Waals surface area (Å²) in [5.74, 6) is 0.424. The summed E-state index contributed by atoms with van der Waals surface area (Å²) in [6.45, 7) is 0. The van der Waals surface area contributed by atoms with Crippen LogP contribution >= 0.6 is 23.4 Å². The highest BCUT2D eigenvalue weighted by Crippen LogP contribution is 2.48. The lowest BCUT2D eigenvalue weighted by molar-refractivity contribution is 0.474. The van der Waals surface area contributed by atoms with Crippen LogP contribution in [0.15, 0.2) is 119 Å². The molecule has 1 aliphatic rings. The van der Waals surface area contributed by atoms with E-state index in [1.165, 1.54) is 0 Å². The van der Waals surface area contributed by atoms with Gasteiger partial charge >= 0.3 is 0 Å². The van der Waals surface area contributed by atoms with Crippen LogP contribution in [0, 0.1) is 0 Å². The maximum absolute atomic E-state index is 9.87. The summed E-state index contributed by atoms with van der Waals surface area (Å²) in [6.07, 6.45) is 1.98. The van der Waals surface area contributed by atoms with Gasteiger partial charge in [0, 0.05) is 32.9 Å². The third-order valence-corrected chi connectivity index (χ3v) is 7.09. The van der Waals surface area contributed by atoms with Crippen molar-refractivity contribution in [3.05, 3.63) is 125 Å². The third kappa shape index (κ3) is 4.81. The molecule has 1 aliphatic heterocycles. The molecule has 6 heteroatoms. The zero-order valence-electron chi connectivity index (χ0n) is 18.0. The van der Waals surface area contributed by atoms with Crippen LogP contribution in [-0.4, -0.2) is 15.9 Å². The number of phenols is 2. The maximum Gasteiger partial charge on any atom is 0.115 e. The first-order valence-corrected chi connectivity index (χ1v) is 12.0. The summed E-state index contributed by atoms with van der Waals surface area (Å²) >= 11 is 7.77. The smallest absolute Gasteiger partial charge is 0.115 e. The van der Waals surface area contributed by atoms with Gasteiger partial charge in [-0.15, -0.1) is 11.8 Å². The van der Waals surface area contributed by atoms with Crippen LogP contribution in [0.3, 0.4) is 0 Å². The molecule has 0 spiro atoms. The fraction of sp³-hybridized carbons (Fsp3) is 0.0357. The Morgan fingerprint density at radius 3 is 2.15 bits per heavy atom. The Morgan fingerprint density at radius 1 is 0.794 bits per heavy atom. The quantitative estimate of drug-likeness (QED) is 0.277. The first-order chi connectivity index (χ1) is 16.6. The highest BCUT2D eigenvalue weighted by molar-refractivity contribution is 8.00. The molecular formula is C28H21ClN2O2S. The second kappa shape index (κ2) is 9.67. The number of benzene rings is 4. The molecule has 1 atom stereocenters. The molecule has 168 valence electrons. The average molecular weight is 485 g/mol. The minimum Gasteiger partial charge on any atom is -0.508 e. The Labute approximate surface area is 207 Å². The first kappa shape index (κ1) is 22.1. The Kier molecular flexibility index (Phi) is 6.30. The molecule has 0 saturated heterocycles. The van der Waals surface area contributed by atoms with Crippen LogP contribution < -0.4 is 5.32 Å². The number of aromatic hydroxyl groups is 2. The van der Waals surface area contributed by atoms with Crippen molar-refractivity contribution in [3.63, 3.8) is 0 Å². The molecule has 3 N–H and O–H groups in total. The van der Waals surface area contributed by atoms with Gasteiger partial charge in [-0.2, -0.15) is 0 Å². The molecule has 0 aliphatic carbocycles. The van der Waals surface area contributed by atoms with Crippen molar-refractivity contribution in [3.8, 4) is 11.5 Å². The zero-order chi connectivity index (χ0) is 23.5. The highest BCUT2D eigenvalue weighted by Gasteiger charge is 2.28. The normalized spacial score (nSPS) is 16.4. The molecule has 4 aromatic carbocycles. The minimum absolute atomic E-state index is 0.100. The van der Waals surface area contributed by atoms with Crippen LogP contribution in [0.1, 0.15) is 16.4 Å². The number of para-hydroxylation sites is 1. The number of anilines is 1. The van der Waals surface area contributed by atoms with Gasteiger partial charge in [0.15, 0.2) is 0 Å². The number of hydrogen-bond acceptors (Lipinski definition) is 5. The van der Waals surface area contributed by atoms with Crippen LogP contribution in [0.2, 0.25) is 5.02 Å². The fourth-order valence-corrected chi connectivity index (χ4v) is 5.12. The Hall–Kier alpha value is -3.67. The maximum atomic E-state index is 9.87. The second-order valence-electron chi connectivity index (χ2n) is 7.82. The van der Waals surface area contributed by atoms with E-state index < -0.39 is 0 Å². The molecule has 4 nitrogen and oxygen atoms in total. The largest absolute Gasteiger partial charge is 0.508 e. The van der Waals surface area contributed by atoms with E-state index in [4.69, 9.17) is 16.6 Å². The van der Waals surface area contributed by atoms with Gasteiger partial charge in [-0.1, -0.05) is 35.9 Å². The van der Waals surface area contributed by atoms with Gasteiger partial charge in [0.2, 0.25) is 0 Å². The predicted molar refractivity (Wildman–Crippen MR) is 141 cm³/mol. The minimum atomic E-state index is -0.100. The number of thioether (sulfide) groups is 1. The van der Waals surface area contributed by atoms with Gasteiger partial charge in [0.1, 0.15) is 11.5 Å². The van der Waals surface area contributed by atoms with Crippen molar-refractivity contribution in [2.75, 3.05) is 5.32 Å². The van der Waals surface area contributed by atoms with E-state index in [9.17, 15) is 10.2 Å². The van der Waals surface area contributed by atoms with Crippen LogP contribution in [-0.2, 0) is 0 Å².